The zero-order valence-electron chi connectivity index (χ0n) is 20.4. The van der Waals surface area contributed by atoms with Gasteiger partial charge in [-0.05, 0) is 31.4 Å². The number of rotatable bonds is 17. The molecule has 6 amide bonds. The maximum absolute atomic E-state index is 11.5. The number of hydrogen-bond acceptors (Lipinski definition) is 9. The summed E-state index contributed by atoms with van der Waals surface area (Å²) in [6, 6.07) is 0. The van der Waals surface area contributed by atoms with E-state index in [1.165, 1.54) is 4.90 Å². The van der Waals surface area contributed by atoms with Crippen LogP contribution in [0.1, 0.15) is 45.4 Å². The number of thiol groups is 1. The Morgan fingerprint density at radius 3 is 2.17 bits per heavy atom. The van der Waals surface area contributed by atoms with Gasteiger partial charge in [0.25, 0.3) is 0 Å². The first-order chi connectivity index (χ1) is 17.1. The maximum atomic E-state index is 11.5. The molecule has 0 saturated carbocycles. The number of amides is 6. The van der Waals surface area contributed by atoms with Crippen molar-refractivity contribution in [3.05, 3.63) is 0 Å². The lowest BCUT2D eigenvalue weighted by molar-refractivity contribution is -0.138. The van der Waals surface area contributed by atoms with E-state index in [-0.39, 0.29) is 49.5 Å². The standard InChI is InChI=1S/C14H23BN4O5S.C7H11NO2S/c15-11(21)4-2-1-3-5-25-10-19-14(24)8-18-13(23)7-17-12(22)6-16-9-20;1-2-3-8-6(9)4-5(11)7(8)10/h9H,1-8,10H2,(H,16,20)(H,17,22)(H,18,23)(H,19,24);5,11H,2-4H2,1H3. The molecule has 1 atom stereocenters. The summed E-state index contributed by atoms with van der Waals surface area (Å²) < 4.78 is 0. The quantitative estimate of drug-likeness (QED) is 0.0368. The van der Waals surface area contributed by atoms with Gasteiger partial charge in [0.15, 0.2) is 7.85 Å². The molecule has 1 saturated heterocycles. The van der Waals surface area contributed by atoms with Crippen molar-refractivity contribution >= 4 is 73.9 Å². The van der Waals surface area contributed by atoms with Gasteiger partial charge in [-0.25, -0.2) is 0 Å². The second-order valence-corrected chi connectivity index (χ2v) is 9.31. The topological polar surface area (TPSA) is 171 Å². The van der Waals surface area contributed by atoms with Gasteiger partial charge in [0.05, 0.1) is 36.4 Å². The van der Waals surface area contributed by atoms with E-state index in [4.69, 9.17) is 7.85 Å². The molecule has 1 fully saturated rings. The Kier molecular flexibility index (Phi) is 19.2. The van der Waals surface area contributed by atoms with E-state index in [1.807, 2.05) is 6.92 Å². The third kappa shape index (κ3) is 17.0. The molecule has 0 aromatic heterocycles. The van der Waals surface area contributed by atoms with Crippen molar-refractivity contribution in [2.45, 2.75) is 50.7 Å². The highest BCUT2D eigenvalue weighted by atomic mass is 32.2. The molecule has 1 aliphatic rings. The first-order valence-electron chi connectivity index (χ1n) is 11.5. The number of nitrogens with one attached hydrogen (secondary N) is 4. The third-order valence-electron chi connectivity index (χ3n) is 4.49. The molecule has 1 rings (SSSR count). The number of carbonyl (C=O) groups is 7. The van der Waals surface area contributed by atoms with Gasteiger partial charge in [-0.1, -0.05) is 13.3 Å². The summed E-state index contributed by atoms with van der Waals surface area (Å²) in [7, 11) is 5.03. The van der Waals surface area contributed by atoms with E-state index in [1.54, 1.807) is 11.8 Å². The van der Waals surface area contributed by atoms with Gasteiger partial charge in [0.2, 0.25) is 35.9 Å². The fraction of sp³-hybridized carbons (Fsp3) is 0.667. The average Bonchev–Trinajstić information content (AvgIpc) is 3.08. The Morgan fingerprint density at radius 2 is 1.64 bits per heavy atom. The van der Waals surface area contributed by atoms with Crippen LogP contribution in [0.2, 0.25) is 0 Å². The van der Waals surface area contributed by atoms with E-state index in [0.29, 0.717) is 25.3 Å². The minimum Gasteiger partial charge on any atom is -0.350 e. The van der Waals surface area contributed by atoms with Gasteiger partial charge in [0.1, 0.15) is 0 Å². The molecule has 0 spiro atoms. The molecule has 0 bridgehead atoms. The zero-order valence-corrected chi connectivity index (χ0v) is 22.1. The van der Waals surface area contributed by atoms with Crippen molar-refractivity contribution in [3.63, 3.8) is 0 Å². The lowest BCUT2D eigenvalue weighted by atomic mass is 9.97. The van der Waals surface area contributed by atoms with Gasteiger partial charge in [0, 0.05) is 13.0 Å². The summed E-state index contributed by atoms with van der Waals surface area (Å²) in [6.07, 6.45) is 4.48. The zero-order chi connectivity index (χ0) is 27.3. The molecule has 0 aliphatic carbocycles. The lowest BCUT2D eigenvalue weighted by Crippen LogP contribution is -2.43. The molecule has 200 valence electrons. The maximum Gasteiger partial charge on any atom is 0.242 e. The van der Waals surface area contributed by atoms with Crippen molar-refractivity contribution < 1.29 is 33.6 Å². The summed E-state index contributed by atoms with van der Waals surface area (Å²) in [4.78, 5) is 78.0. The van der Waals surface area contributed by atoms with E-state index < -0.39 is 17.1 Å². The molecular weight excluding hydrogens is 509 g/mol. The van der Waals surface area contributed by atoms with Gasteiger partial charge < -0.3 is 26.1 Å². The fourth-order valence-electron chi connectivity index (χ4n) is 2.69. The summed E-state index contributed by atoms with van der Waals surface area (Å²) in [5.41, 5.74) is -0.292. The number of nitrogens with zero attached hydrogens (tertiary/aromatic N) is 1. The fourth-order valence-corrected chi connectivity index (χ4v) is 3.80. The van der Waals surface area contributed by atoms with E-state index in [2.05, 4.69) is 33.9 Å². The lowest BCUT2D eigenvalue weighted by Gasteiger charge is -2.11. The van der Waals surface area contributed by atoms with Crippen LogP contribution in [0.25, 0.3) is 0 Å². The largest absolute Gasteiger partial charge is 0.350 e. The Bertz CT molecular complexity index is 773. The molecule has 12 nitrogen and oxygen atoms in total. The van der Waals surface area contributed by atoms with Crippen LogP contribution >= 0.6 is 24.4 Å². The number of imide groups is 1. The molecule has 15 heteroatoms. The molecule has 2 radical (unpaired) electrons. The Morgan fingerprint density at radius 1 is 1.03 bits per heavy atom. The molecule has 1 unspecified atom stereocenters. The predicted molar refractivity (Wildman–Crippen MR) is 139 cm³/mol. The van der Waals surface area contributed by atoms with Gasteiger partial charge in [-0.3, -0.25) is 33.7 Å². The Balaban J connectivity index is 0.000000918. The summed E-state index contributed by atoms with van der Waals surface area (Å²) in [6.45, 7) is 1.81. The number of carbonyl (C=O) groups excluding carboxylic acids is 7. The summed E-state index contributed by atoms with van der Waals surface area (Å²) in [5, 5.41) is 9.06. The van der Waals surface area contributed by atoms with Crippen LogP contribution in [0, 0.1) is 0 Å². The highest BCUT2D eigenvalue weighted by Gasteiger charge is 2.35. The van der Waals surface area contributed by atoms with E-state index in [0.717, 1.165) is 31.4 Å². The first-order valence-corrected chi connectivity index (χ1v) is 13.1. The van der Waals surface area contributed by atoms with Gasteiger partial charge in [-0.2, -0.15) is 12.6 Å². The summed E-state index contributed by atoms with van der Waals surface area (Å²) in [5.74, 6) is -0.276. The van der Waals surface area contributed by atoms with E-state index >= 15 is 0 Å². The number of likely N-dealkylation sites (tertiary alicyclic amines) is 1. The number of unbranched alkanes of at least 4 members (excludes halogenated alkanes) is 2. The molecule has 0 aromatic carbocycles. The Hall–Kier alpha value is -2.55. The van der Waals surface area contributed by atoms with Crippen LogP contribution in [-0.4, -0.2) is 97.4 Å². The number of thioether (sulfide) groups is 1. The first kappa shape index (κ1) is 33.5. The second kappa shape index (κ2) is 20.6. The Labute approximate surface area is 222 Å². The van der Waals surface area contributed by atoms with Crippen molar-refractivity contribution in [2.75, 3.05) is 37.8 Å². The van der Waals surface area contributed by atoms with Gasteiger partial charge >= 0.3 is 0 Å². The molecule has 0 aromatic rings. The van der Waals surface area contributed by atoms with Crippen molar-refractivity contribution in [1.29, 1.82) is 0 Å². The second-order valence-electron chi connectivity index (χ2n) is 7.59. The molecule has 1 heterocycles. The predicted octanol–water partition coefficient (Wildman–Crippen LogP) is -1.52. The normalized spacial score (nSPS) is 14.4. The van der Waals surface area contributed by atoms with Gasteiger partial charge in [-0.15, -0.1) is 11.8 Å². The van der Waals surface area contributed by atoms with Crippen molar-refractivity contribution in [2.24, 2.45) is 0 Å². The molecular formula is C21H34BN5O7S2. The van der Waals surface area contributed by atoms with Crippen molar-refractivity contribution in [3.8, 4) is 0 Å². The van der Waals surface area contributed by atoms with Crippen LogP contribution in [0.5, 0.6) is 0 Å². The molecule has 1 aliphatic heterocycles. The minimum atomic E-state index is -0.503. The van der Waals surface area contributed by atoms with Crippen LogP contribution in [0.15, 0.2) is 0 Å². The van der Waals surface area contributed by atoms with Crippen LogP contribution in [-0.2, 0) is 33.6 Å². The highest BCUT2D eigenvalue weighted by molar-refractivity contribution is 7.99. The van der Waals surface area contributed by atoms with Crippen LogP contribution < -0.4 is 21.3 Å². The number of hydrogen-bond donors (Lipinski definition) is 5. The molecule has 4 N–H and O–H groups in total. The highest BCUT2D eigenvalue weighted by Crippen LogP contribution is 2.17. The van der Waals surface area contributed by atoms with E-state index in [9.17, 15) is 33.6 Å². The molecule has 36 heavy (non-hydrogen) atoms. The SMILES string of the molecule is CCCN1C(=O)CC(S)C1=O.[B]C(=O)CCCCCSCNC(=O)CNC(=O)CNC(=O)CNC=O. The minimum absolute atomic E-state index is 0.0862. The summed E-state index contributed by atoms with van der Waals surface area (Å²) >= 11 is 5.53. The van der Waals surface area contributed by atoms with Crippen molar-refractivity contribution in [1.82, 2.24) is 26.2 Å². The third-order valence-corrected chi connectivity index (χ3v) is 5.82. The smallest absolute Gasteiger partial charge is 0.242 e. The average molecular weight is 543 g/mol. The monoisotopic (exact) mass is 543 g/mol. The van der Waals surface area contributed by atoms with Crippen LogP contribution in [0.4, 0.5) is 0 Å². The van der Waals surface area contributed by atoms with Crippen LogP contribution in [0.3, 0.4) is 0 Å².